The van der Waals surface area contributed by atoms with E-state index in [4.69, 9.17) is 0 Å². The summed E-state index contributed by atoms with van der Waals surface area (Å²) in [6, 6.07) is 0.361. The molecule has 2 fully saturated rings. The summed E-state index contributed by atoms with van der Waals surface area (Å²) in [6.45, 7) is 3.70. The minimum atomic E-state index is -4.43. The zero-order valence-corrected chi connectivity index (χ0v) is 23.2. The molecule has 0 saturated heterocycles. The highest BCUT2D eigenvalue weighted by atomic mass is 19.4. The number of halogens is 5. The van der Waals surface area contributed by atoms with Crippen LogP contribution < -0.4 is 10.6 Å². The number of nitrogens with one attached hydrogen (secondary N) is 2. The van der Waals surface area contributed by atoms with Gasteiger partial charge in [0.1, 0.15) is 5.69 Å². The summed E-state index contributed by atoms with van der Waals surface area (Å²) >= 11 is 0. The Labute approximate surface area is 238 Å². The van der Waals surface area contributed by atoms with E-state index in [1.54, 1.807) is 12.3 Å². The minimum absolute atomic E-state index is 0.0777. The topological polar surface area (TPSA) is 119 Å². The van der Waals surface area contributed by atoms with Crippen molar-refractivity contribution in [3.63, 3.8) is 0 Å². The Morgan fingerprint density at radius 2 is 1.74 bits per heavy atom. The Morgan fingerprint density at radius 3 is 2.38 bits per heavy atom. The molecular weight excluding hydrogens is 563 g/mol. The number of fused-ring (bicyclic) bond motifs is 1. The first-order valence-electron chi connectivity index (χ1n) is 14.1. The fourth-order valence-electron chi connectivity index (χ4n) is 5.47. The second kappa shape index (κ2) is 11.6. The van der Waals surface area contributed by atoms with Crippen LogP contribution in [0.4, 0.5) is 22.0 Å². The smallest absolute Gasteiger partial charge is 0.349 e. The number of rotatable bonds is 10. The van der Waals surface area contributed by atoms with Gasteiger partial charge in [0, 0.05) is 25.3 Å². The molecule has 5 rings (SSSR count). The summed E-state index contributed by atoms with van der Waals surface area (Å²) in [5.41, 5.74) is 1.66. The molecule has 2 amide bonds. The van der Waals surface area contributed by atoms with Gasteiger partial charge in [-0.05, 0) is 63.0 Å². The molecule has 2 aliphatic rings. The van der Waals surface area contributed by atoms with Crippen molar-refractivity contribution in [2.24, 2.45) is 11.8 Å². The molecule has 3 heterocycles. The molecule has 0 aromatic carbocycles. The number of hydrogen-bond donors (Lipinski definition) is 2. The molecule has 2 atom stereocenters. The molecule has 15 heteroatoms. The third kappa shape index (κ3) is 7.04. The Morgan fingerprint density at radius 1 is 1.05 bits per heavy atom. The van der Waals surface area contributed by atoms with E-state index in [0.29, 0.717) is 16.9 Å². The third-order valence-electron chi connectivity index (χ3n) is 7.90. The first kappa shape index (κ1) is 29.8. The van der Waals surface area contributed by atoms with Gasteiger partial charge in [-0.15, -0.1) is 5.10 Å². The van der Waals surface area contributed by atoms with Gasteiger partial charge < -0.3 is 10.6 Å². The van der Waals surface area contributed by atoms with Crippen molar-refractivity contribution in [2.45, 2.75) is 95.4 Å². The fourth-order valence-corrected chi connectivity index (χ4v) is 5.47. The maximum atomic E-state index is 14.0. The summed E-state index contributed by atoms with van der Waals surface area (Å²) in [6.07, 6.45) is -0.395. The van der Waals surface area contributed by atoms with Gasteiger partial charge in [-0.1, -0.05) is 5.21 Å². The highest BCUT2D eigenvalue weighted by molar-refractivity contribution is 5.92. The Balaban J connectivity index is 1.40. The van der Waals surface area contributed by atoms with Gasteiger partial charge in [-0.25, -0.2) is 23.0 Å². The zero-order chi connectivity index (χ0) is 30.2. The fraction of sp³-hybridized carbons (Fsp3) is 0.630. The number of alkyl halides is 5. The van der Waals surface area contributed by atoms with Crippen molar-refractivity contribution in [1.82, 2.24) is 40.2 Å². The largest absolute Gasteiger partial charge is 0.389 e. The van der Waals surface area contributed by atoms with Gasteiger partial charge >= 0.3 is 6.18 Å². The monoisotopic (exact) mass is 596 g/mol. The van der Waals surface area contributed by atoms with Crippen molar-refractivity contribution < 1.29 is 31.5 Å². The summed E-state index contributed by atoms with van der Waals surface area (Å²) in [7, 11) is 0. The first-order valence-corrected chi connectivity index (χ1v) is 14.1. The van der Waals surface area contributed by atoms with Crippen LogP contribution in [0.3, 0.4) is 0 Å². The standard InChI is InChI=1S/C27H33F5N8O2/c1-15(2)40-20(13-33-38-40)25(42)37-24(17-5-8-26(28,29)9-6-17)19-14-39-21(35-19)11-18(12-34-39)23(16-3-4-16)36-22(41)7-10-27(30,31)32/h11-17,23-24H,3-10H2,1-2H3,(H,36,41)(H,37,42)/t23-,24+/m1/s1. The number of carbonyl (C=O) groups excluding carboxylic acids is 2. The molecule has 0 aliphatic heterocycles. The number of imidazole rings is 1. The van der Waals surface area contributed by atoms with E-state index >= 15 is 0 Å². The Hall–Kier alpha value is -3.65. The lowest BCUT2D eigenvalue weighted by molar-refractivity contribution is -0.144. The van der Waals surface area contributed by atoms with Crippen molar-refractivity contribution in [2.75, 3.05) is 0 Å². The van der Waals surface area contributed by atoms with E-state index in [9.17, 15) is 31.5 Å². The van der Waals surface area contributed by atoms with E-state index in [0.717, 1.165) is 12.8 Å². The van der Waals surface area contributed by atoms with E-state index in [1.165, 1.54) is 21.6 Å². The molecule has 42 heavy (non-hydrogen) atoms. The zero-order valence-electron chi connectivity index (χ0n) is 23.2. The highest BCUT2D eigenvalue weighted by Gasteiger charge is 2.40. The maximum Gasteiger partial charge on any atom is 0.389 e. The molecular formula is C27H33F5N8O2. The lowest BCUT2D eigenvalue weighted by atomic mass is 9.81. The molecule has 228 valence electrons. The molecule has 2 N–H and O–H groups in total. The maximum absolute atomic E-state index is 14.0. The van der Waals surface area contributed by atoms with Crippen molar-refractivity contribution in [3.05, 3.63) is 41.6 Å². The van der Waals surface area contributed by atoms with Crippen LogP contribution in [0.25, 0.3) is 5.65 Å². The van der Waals surface area contributed by atoms with E-state index < -0.39 is 48.8 Å². The van der Waals surface area contributed by atoms with Gasteiger partial charge in [0.2, 0.25) is 11.8 Å². The molecule has 3 aromatic rings. The average Bonchev–Trinajstić information content (AvgIpc) is 3.47. The normalized spacial score (nSPS) is 19.1. The van der Waals surface area contributed by atoms with Crippen LogP contribution in [0, 0.1) is 11.8 Å². The molecule has 2 saturated carbocycles. The number of carbonyl (C=O) groups is 2. The summed E-state index contributed by atoms with van der Waals surface area (Å²) in [5.74, 6) is -4.15. The number of aromatic nitrogens is 6. The van der Waals surface area contributed by atoms with Gasteiger partial charge in [0.05, 0.1) is 42.8 Å². The van der Waals surface area contributed by atoms with Crippen LogP contribution in [0.2, 0.25) is 0 Å². The Kier molecular flexibility index (Phi) is 8.21. The first-order chi connectivity index (χ1) is 19.8. The van der Waals surface area contributed by atoms with Gasteiger partial charge in [0.15, 0.2) is 5.65 Å². The van der Waals surface area contributed by atoms with Gasteiger partial charge in [-0.3, -0.25) is 9.59 Å². The molecule has 0 bridgehead atoms. The van der Waals surface area contributed by atoms with Crippen LogP contribution in [-0.4, -0.2) is 53.5 Å². The molecule has 0 spiro atoms. The van der Waals surface area contributed by atoms with Gasteiger partial charge in [-0.2, -0.15) is 18.3 Å². The molecule has 10 nitrogen and oxygen atoms in total. The number of amides is 2. The predicted octanol–water partition coefficient (Wildman–Crippen LogP) is 5.11. The van der Waals surface area contributed by atoms with Crippen LogP contribution >= 0.6 is 0 Å². The predicted molar refractivity (Wildman–Crippen MR) is 139 cm³/mol. The second-order valence-electron chi connectivity index (χ2n) is 11.6. The third-order valence-corrected chi connectivity index (χ3v) is 7.90. The second-order valence-corrected chi connectivity index (χ2v) is 11.6. The lowest BCUT2D eigenvalue weighted by Gasteiger charge is -2.33. The number of nitrogens with zero attached hydrogens (tertiary/aromatic N) is 6. The molecule has 3 aromatic heterocycles. The van der Waals surface area contributed by atoms with Crippen LogP contribution in [0.5, 0.6) is 0 Å². The summed E-state index contributed by atoms with van der Waals surface area (Å²) in [4.78, 5) is 30.3. The lowest BCUT2D eigenvalue weighted by Crippen LogP contribution is -2.38. The number of hydrogen-bond acceptors (Lipinski definition) is 6. The molecule has 0 radical (unpaired) electrons. The summed E-state index contributed by atoms with van der Waals surface area (Å²) in [5, 5.41) is 17.9. The molecule has 2 aliphatic carbocycles. The van der Waals surface area contributed by atoms with Crippen LogP contribution in [0.1, 0.15) is 105 Å². The SMILES string of the molecule is CC(C)n1nncc1C(=O)N[C@H](c1cn2ncc([C@H](NC(=O)CCC(F)(F)F)C3CC3)cc2n1)C1CCC(F)(F)CC1. The quantitative estimate of drug-likeness (QED) is 0.314. The average molecular weight is 597 g/mol. The van der Waals surface area contributed by atoms with Crippen molar-refractivity contribution in [3.8, 4) is 0 Å². The van der Waals surface area contributed by atoms with Crippen LogP contribution in [-0.2, 0) is 4.79 Å². The Bertz CT molecular complexity index is 1420. The van der Waals surface area contributed by atoms with E-state index in [-0.39, 0.29) is 49.3 Å². The highest BCUT2D eigenvalue weighted by Crippen LogP contribution is 2.43. The van der Waals surface area contributed by atoms with Crippen molar-refractivity contribution >= 4 is 17.5 Å². The van der Waals surface area contributed by atoms with Crippen LogP contribution in [0.15, 0.2) is 24.7 Å². The van der Waals surface area contributed by atoms with E-state index in [2.05, 4.69) is 31.0 Å². The molecule has 0 unspecified atom stereocenters. The minimum Gasteiger partial charge on any atom is -0.349 e. The van der Waals surface area contributed by atoms with Gasteiger partial charge in [0.25, 0.3) is 5.91 Å². The van der Waals surface area contributed by atoms with E-state index in [1.807, 2.05) is 13.8 Å². The summed E-state index contributed by atoms with van der Waals surface area (Å²) < 4.78 is 68.8. The van der Waals surface area contributed by atoms with Crippen molar-refractivity contribution in [1.29, 1.82) is 0 Å².